The van der Waals surface area contributed by atoms with Crippen LogP contribution in [0.4, 0.5) is 0 Å². The number of nitrogens with zero attached hydrogens (tertiary/aromatic N) is 2. The fraction of sp³-hybridized carbons (Fsp3) is 0.353. The summed E-state index contributed by atoms with van der Waals surface area (Å²) >= 11 is 1.05. The molecule has 0 N–H and O–H groups in total. The molecule has 0 aromatic carbocycles. The summed E-state index contributed by atoms with van der Waals surface area (Å²) in [6, 6.07) is 0. The van der Waals surface area contributed by atoms with E-state index in [0.717, 1.165) is 11.3 Å². The summed E-state index contributed by atoms with van der Waals surface area (Å²) in [5.41, 5.74) is -0.0995. The van der Waals surface area contributed by atoms with Crippen LogP contribution in [-0.4, -0.2) is 33.9 Å². The van der Waals surface area contributed by atoms with Gasteiger partial charge in [0.25, 0.3) is 5.56 Å². The third kappa shape index (κ3) is 2.47. The van der Waals surface area contributed by atoms with E-state index in [9.17, 15) is 19.2 Å². The summed E-state index contributed by atoms with van der Waals surface area (Å²) in [4.78, 5) is 53.5. The van der Waals surface area contributed by atoms with Gasteiger partial charge in [-0.1, -0.05) is 23.5 Å². The van der Waals surface area contributed by atoms with Crippen molar-refractivity contribution in [2.75, 3.05) is 6.61 Å². The van der Waals surface area contributed by atoms with Crippen LogP contribution in [0.25, 0.3) is 4.96 Å². The van der Waals surface area contributed by atoms with Crippen molar-refractivity contribution in [2.24, 2.45) is 11.8 Å². The Bertz CT molecular complexity index is 1020. The summed E-state index contributed by atoms with van der Waals surface area (Å²) in [7, 11) is 0. The number of allylic oxidation sites excluding steroid dienone is 2. The Hall–Kier alpha value is -2.81. The molecule has 8 nitrogen and oxygen atoms in total. The number of ether oxygens (including phenoxy) is 2. The van der Waals surface area contributed by atoms with Crippen LogP contribution in [-0.2, 0) is 19.1 Å². The van der Waals surface area contributed by atoms with Crippen molar-refractivity contribution in [2.45, 2.75) is 19.3 Å². The molecule has 2 aliphatic rings. The minimum absolute atomic E-state index is 0.229. The number of fused-ring (bicyclic) bond motifs is 2. The maximum atomic E-state index is 12.9. The molecule has 1 fully saturated rings. The molecule has 2 aromatic rings. The Morgan fingerprint density at radius 1 is 1.38 bits per heavy atom. The van der Waals surface area contributed by atoms with Gasteiger partial charge < -0.3 is 9.47 Å². The highest BCUT2D eigenvalue weighted by Crippen LogP contribution is 2.41. The molecule has 0 spiro atoms. The van der Waals surface area contributed by atoms with Crippen molar-refractivity contribution in [3.05, 3.63) is 45.3 Å². The van der Waals surface area contributed by atoms with Gasteiger partial charge in [-0.2, -0.15) is 0 Å². The standard InChI is InChI=1S/C17H14N2O6S/c1-2-24-15(22)11-7-19-13(20)10(6-18-17(19)26-11)8-4-3-5-9-12(8)16(23)25-14(9)21/h3-4,6-9,12H,2,5H2,1H3/t8-,9-,12+/m1/s1. The lowest BCUT2D eigenvalue weighted by Crippen LogP contribution is -2.31. The van der Waals surface area contributed by atoms with Crippen molar-refractivity contribution in [3.63, 3.8) is 0 Å². The second-order valence-electron chi connectivity index (χ2n) is 6.05. The SMILES string of the molecule is CCOC(=O)c1cn2c(=O)c([C@H]3C=CC[C@H]4C(=O)OC(=O)[C@@H]34)cnc2s1. The second kappa shape index (κ2) is 6.17. The van der Waals surface area contributed by atoms with Crippen LogP contribution in [0, 0.1) is 11.8 Å². The Balaban J connectivity index is 1.79. The van der Waals surface area contributed by atoms with Gasteiger partial charge in [-0.05, 0) is 13.3 Å². The number of esters is 3. The lowest BCUT2D eigenvalue weighted by molar-refractivity contribution is -0.153. The van der Waals surface area contributed by atoms with Crippen LogP contribution in [0.15, 0.2) is 29.3 Å². The van der Waals surface area contributed by atoms with Gasteiger partial charge in [0.1, 0.15) is 4.88 Å². The van der Waals surface area contributed by atoms with Gasteiger partial charge in [0.05, 0.1) is 18.4 Å². The van der Waals surface area contributed by atoms with E-state index >= 15 is 0 Å². The molecule has 3 heterocycles. The molecule has 0 saturated carbocycles. The zero-order valence-electron chi connectivity index (χ0n) is 13.7. The van der Waals surface area contributed by atoms with E-state index in [-0.39, 0.29) is 22.6 Å². The molecule has 26 heavy (non-hydrogen) atoms. The quantitative estimate of drug-likeness (QED) is 0.453. The van der Waals surface area contributed by atoms with E-state index in [1.807, 2.05) is 0 Å². The molecule has 4 rings (SSSR count). The average Bonchev–Trinajstić information content (AvgIpc) is 3.18. The number of hydrogen-bond acceptors (Lipinski definition) is 8. The molecular formula is C17H14N2O6S. The topological polar surface area (TPSA) is 104 Å². The van der Waals surface area contributed by atoms with Crippen LogP contribution in [0.1, 0.15) is 34.5 Å². The van der Waals surface area contributed by atoms with Gasteiger partial charge in [-0.3, -0.25) is 18.8 Å². The molecular weight excluding hydrogens is 360 g/mol. The molecule has 9 heteroatoms. The fourth-order valence-electron chi connectivity index (χ4n) is 3.41. The first-order valence-corrected chi connectivity index (χ1v) is 8.93. The van der Waals surface area contributed by atoms with Crippen molar-refractivity contribution < 1.29 is 23.9 Å². The average molecular weight is 374 g/mol. The van der Waals surface area contributed by atoms with Gasteiger partial charge >= 0.3 is 17.9 Å². The highest BCUT2D eigenvalue weighted by Gasteiger charge is 2.49. The first-order valence-electron chi connectivity index (χ1n) is 8.11. The van der Waals surface area contributed by atoms with Gasteiger partial charge in [-0.15, -0.1) is 0 Å². The van der Waals surface area contributed by atoms with Crippen molar-refractivity contribution >= 4 is 34.2 Å². The molecule has 0 amide bonds. The van der Waals surface area contributed by atoms with Gasteiger partial charge in [-0.25, -0.2) is 9.78 Å². The zero-order chi connectivity index (χ0) is 18.4. The molecule has 134 valence electrons. The fourth-order valence-corrected chi connectivity index (χ4v) is 4.24. The maximum absolute atomic E-state index is 12.9. The molecule has 1 aliphatic carbocycles. The van der Waals surface area contributed by atoms with Crippen LogP contribution in [0.5, 0.6) is 0 Å². The number of hydrogen-bond donors (Lipinski definition) is 0. The predicted molar refractivity (Wildman–Crippen MR) is 89.9 cm³/mol. The molecule has 2 aromatic heterocycles. The molecule has 1 saturated heterocycles. The van der Waals surface area contributed by atoms with Crippen molar-refractivity contribution in [1.82, 2.24) is 9.38 Å². The predicted octanol–water partition coefficient (Wildman–Crippen LogP) is 1.29. The first-order chi connectivity index (χ1) is 12.5. The summed E-state index contributed by atoms with van der Waals surface area (Å²) < 4.78 is 11.0. The minimum atomic E-state index is -0.719. The van der Waals surface area contributed by atoms with Gasteiger partial charge in [0.15, 0.2) is 4.96 Å². The number of carbonyl (C=O) groups is 3. The summed E-state index contributed by atoms with van der Waals surface area (Å²) in [6.07, 6.45) is 6.71. The molecule has 3 atom stereocenters. The largest absolute Gasteiger partial charge is 0.462 e. The smallest absolute Gasteiger partial charge is 0.349 e. The van der Waals surface area contributed by atoms with Gasteiger partial charge in [0, 0.05) is 23.9 Å². The normalized spacial score (nSPS) is 24.6. The summed E-state index contributed by atoms with van der Waals surface area (Å²) in [5.74, 6) is -3.57. The zero-order valence-corrected chi connectivity index (χ0v) is 14.5. The van der Waals surface area contributed by atoms with Crippen LogP contribution < -0.4 is 5.56 Å². The van der Waals surface area contributed by atoms with Gasteiger partial charge in [0.2, 0.25) is 0 Å². The van der Waals surface area contributed by atoms with E-state index in [4.69, 9.17) is 9.47 Å². The van der Waals surface area contributed by atoms with E-state index in [0.29, 0.717) is 11.4 Å². The maximum Gasteiger partial charge on any atom is 0.349 e. The minimum Gasteiger partial charge on any atom is -0.462 e. The lowest BCUT2D eigenvalue weighted by Gasteiger charge is -2.24. The Labute approximate surface area is 151 Å². The molecule has 1 aliphatic heterocycles. The number of rotatable bonds is 3. The van der Waals surface area contributed by atoms with Crippen LogP contribution >= 0.6 is 11.3 Å². The monoisotopic (exact) mass is 374 g/mol. The third-order valence-electron chi connectivity index (χ3n) is 4.60. The van der Waals surface area contributed by atoms with E-state index in [1.54, 1.807) is 19.1 Å². The van der Waals surface area contributed by atoms with E-state index in [2.05, 4.69) is 4.98 Å². The number of carbonyl (C=O) groups excluding carboxylic acids is 3. The molecule has 0 unspecified atom stereocenters. The van der Waals surface area contributed by atoms with Crippen molar-refractivity contribution in [1.29, 1.82) is 0 Å². The molecule has 0 radical (unpaired) electrons. The van der Waals surface area contributed by atoms with E-state index in [1.165, 1.54) is 16.8 Å². The number of aromatic nitrogens is 2. The van der Waals surface area contributed by atoms with Crippen LogP contribution in [0.3, 0.4) is 0 Å². The summed E-state index contributed by atoms with van der Waals surface area (Å²) in [5, 5.41) is 0. The second-order valence-corrected chi connectivity index (χ2v) is 7.06. The summed E-state index contributed by atoms with van der Waals surface area (Å²) in [6.45, 7) is 1.92. The first kappa shape index (κ1) is 16.6. The number of cyclic esters (lactones) is 2. The lowest BCUT2D eigenvalue weighted by atomic mass is 9.75. The third-order valence-corrected chi connectivity index (χ3v) is 5.58. The number of thiazole rings is 1. The highest BCUT2D eigenvalue weighted by molar-refractivity contribution is 7.18. The highest BCUT2D eigenvalue weighted by atomic mass is 32.1. The Kier molecular flexibility index (Phi) is 3.95. The Morgan fingerprint density at radius 2 is 2.19 bits per heavy atom. The van der Waals surface area contributed by atoms with Crippen LogP contribution in [0.2, 0.25) is 0 Å². The Morgan fingerprint density at radius 3 is 2.96 bits per heavy atom. The molecule has 0 bridgehead atoms. The van der Waals surface area contributed by atoms with E-state index < -0.39 is 35.7 Å². The van der Waals surface area contributed by atoms with Crippen molar-refractivity contribution in [3.8, 4) is 0 Å².